The van der Waals surface area contributed by atoms with Crippen molar-refractivity contribution >= 4 is 28.4 Å². The van der Waals surface area contributed by atoms with Crippen molar-refractivity contribution in [3.8, 4) is 0 Å². The van der Waals surface area contributed by atoms with Crippen LogP contribution >= 0.6 is 11.8 Å². The summed E-state index contributed by atoms with van der Waals surface area (Å²) in [5.41, 5.74) is 9.13. The van der Waals surface area contributed by atoms with Gasteiger partial charge in [0, 0.05) is 24.2 Å². The van der Waals surface area contributed by atoms with Crippen molar-refractivity contribution in [1.82, 2.24) is 20.4 Å². The molecule has 1 aliphatic heterocycles. The molecule has 3 N–H and O–H groups in total. The van der Waals surface area contributed by atoms with Gasteiger partial charge in [-0.25, -0.2) is 5.43 Å². The molecule has 1 saturated carbocycles. The first kappa shape index (κ1) is 23.0. The molecule has 1 amide bonds. The maximum atomic E-state index is 13.3. The summed E-state index contributed by atoms with van der Waals surface area (Å²) >= 11 is 1.58. The summed E-state index contributed by atoms with van der Waals surface area (Å²) in [7, 11) is 0. The normalized spacial score (nSPS) is 17.6. The third kappa shape index (κ3) is 4.32. The van der Waals surface area contributed by atoms with Gasteiger partial charge in [0.25, 0.3) is 11.5 Å². The molecule has 7 nitrogen and oxygen atoms in total. The van der Waals surface area contributed by atoms with Crippen LogP contribution < -0.4 is 16.4 Å². The van der Waals surface area contributed by atoms with Gasteiger partial charge in [-0.2, -0.15) is 0 Å². The van der Waals surface area contributed by atoms with Crippen molar-refractivity contribution in [2.45, 2.75) is 42.5 Å². The molecule has 1 fully saturated rings. The average molecular weight is 499 g/mol. The monoisotopic (exact) mass is 498 g/mol. The molecule has 2 atom stereocenters. The van der Waals surface area contributed by atoms with Crippen LogP contribution in [-0.4, -0.2) is 26.3 Å². The Hall–Kier alpha value is -3.46. The molecule has 1 aliphatic carbocycles. The molecule has 3 heterocycles. The minimum absolute atomic E-state index is 0.163. The third-order valence-corrected chi connectivity index (χ3v) is 8.10. The lowest BCUT2D eigenvalue weighted by atomic mass is 9.95. The van der Waals surface area contributed by atoms with E-state index in [2.05, 4.69) is 46.2 Å². The highest BCUT2D eigenvalue weighted by Crippen LogP contribution is 2.48. The standard InChI is InChI=1S/C28H26N4O3S/c33-24-15-21(14-20-6-3-5-17-4-1-2-7-22(17)20)25(18-8-9-18)28-32(24)23(16-36-28)27(35)31-30-26(34)19-10-12-29-13-11-19/h1-7,10-13,15,18,23,26,30,34H,8-9,14,16H2,(H,31,35). The topological polar surface area (TPSA) is 96.2 Å². The van der Waals surface area contributed by atoms with E-state index in [4.69, 9.17) is 0 Å². The van der Waals surface area contributed by atoms with Crippen molar-refractivity contribution in [1.29, 1.82) is 0 Å². The fourth-order valence-electron chi connectivity index (χ4n) is 4.99. The number of carbonyl (C=O) groups is 1. The number of hydrogen-bond donors (Lipinski definition) is 3. The lowest BCUT2D eigenvalue weighted by molar-refractivity contribution is -0.126. The second kappa shape index (κ2) is 9.54. The molecule has 2 unspecified atom stereocenters. The molecule has 0 spiro atoms. The molecule has 36 heavy (non-hydrogen) atoms. The first-order valence-corrected chi connectivity index (χ1v) is 13.1. The fraction of sp³-hybridized carbons (Fsp3) is 0.250. The summed E-state index contributed by atoms with van der Waals surface area (Å²) in [6.45, 7) is 0. The lowest BCUT2D eigenvalue weighted by Gasteiger charge is -2.19. The molecule has 0 bridgehead atoms. The van der Waals surface area contributed by atoms with E-state index in [1.165, 1.54) is 21.9 Å². The number of fused-ring (bicyclic) bond motifs is 2. The Morgan fingerprint density at radius 1 is 1.08 bits per heavy atom. The maximum Gasteiger partial charge on any atom is 0.258 e. The number of carbonyl (C=O) groups excluding carboxylic acids is 1. The average Bonchev–Trinajstić information content (AvgIpc) is 3.64. The molecule has 8 heteroatoms. The number of hydrazine groups is 1. The second-order valence-corrected chi connectivity index (χ2v) is 10.3. The van der Waals surface area contributed by atoms with Crippen LogP contribution in [0.4, 0.5) is 0 Å². The Kier molecular flexibility index (Phi) is 6.08. The number of aromatic nitrogens is 2. The van der Waals surface area contributed by atoms with Gasteiger partial charge in [-0.3, -0.25) is 24.6 Å². The number of thioether (sulfide) groups is 1. The zero-order valence-electron chi connectivity index (χ0n) is 19.6. The third-order valence-electron chi connectivity index (χ3n) is 6.92. The van der Waals surface area contributed by atoms with Gasteiger partial charge < -0.3 is 5.11 Å². The van der Waals surface area contributed by atoms with E-state index in [0.29, 0.717) is 23.7 Å². The first-order chi connectivity index (χ1) is 17.6. The molecule has 4 aromatic rings. The molecule has 2 aromatic carbocycles. The van der Waals surface area contributed by atoms with E-state index >= 15 is 0 Å². The number of hydrogen-bond acceptors (Lipinski definition) is 6. The Morgan fingerprint density at radius 3 is 2.67 bits per heavy atom. The van der Waals surface area contributed by atoms with E-state index in [0.717, 1.165) is 23.4 Å². The number of pyridine rings is 2. The Morgan fingerprint density at radius 2 is 1.86 bits per heavy atom. The second-order valence-electron chi connectivity index (χ2n) is 9.33. The zero-order chi connectivity index (χ0) is 24.6. The predicted molar refractivity (Wildman–Crippen MR) is 140 cm³/mol. The van der Waals surface area contributed by atoms with Gasteiger partial charge in [0.1, 0.15) is 12.3 Å². The van der Waals surface area contributed by atoms with Gasteiger partial charge >= 0.3 is 0 Å². The highest BCUT2D eigenvalue weighted by Gasteiger charge is 2.37. The van der Waals surface area contributed by atoms with Gasteiger partial charge in [0.15, 0.2) is 0 Å². The van der Waals surface area contributed by atoms with Gasteiger partial charge in [-0.05, 0) is 70.3 Å². The highest BCUT2D eigenvalue weighted by molar-refractivity contribution is 7.99. The quantitative estimate of drug-likeness (QED) is 0.265. The molecule has 2 aromatic heterocycles. The predicted octanol–water partition coefficient (Wildman–Crippen LogP) is 3.82. The van der Waals surface area contributed by atoms with Crippen molar-refractivity contribution < 1.29 is 9.90 Å². The largest absolute Gasteiger partial charge is 0.373 e. The summed E-state index contributed by atoms with van der Waals surface area (Å²) in [6.07, 6.45) is 4.96. The molecule has 2 aliphatic rings. The van der Waals surface area contributed by atoms with Gasteiger partial charge in [0.2, 0.25) is 0 Å². The van der Waals surface area contributed by atoms with Crippen LogP contribution in [0.5, 0.6) is 0 Å². The summed E-state index contributed by atoms with van der Waals surface area (Å²) in [5.74, 6) is 0.559. The fourth-order valence-corrected chi connectivity index (χ4v) is 6.42. The van der Waals surface area contributed by atoms with Crippen molar-refractivity contribution in [2.24, 2.45) is 0 Å². The van der Waals surface area contributed by atoms with Gasteiger partial charge in [-0.15, -0.1) is 11.8 Å². The minimum atomic E-state index is -1.08. The summed E-state index contributed by atoms with van der Waals surface area (Å²) in [5, 5.41) is 13.6. The van der Waals surface area contributed by atoms with Crippen LogP contribution in [0, 0.1) is 0 Å². The molecular formula is C28H26N4O3S. The van der Waals surface area contributed by atoms with Crippen LogP contribution in [0.2, 0.25) is 0 Å². The highest BCUT2D eigenvalue weighted by atomic mass is 32.2. The van der Waals surface area contributed by atoms with E-state index in [9.17, 15) is 14.7 Å². The number of nitrogens with one attached hydrogen (secondary N) is 2. The molecule has 0 saturated heterocycles. The Labute approximate surface area is 212 Å². The van der Waals surface area contributed by atoms with Crippen molar-refractivity contribution in [3.05, 3.63) is 106 Å². The summed E-state index contributed by atoms with van der Waals surface area (Å²) in [4.78, 5) is 30.3. The molecular weight excluding hydrogens is 472 g/mol. The van der Waals surface area contributed by atoms with Crippen LogP contribution in [0.1, 0.15) is 53.3 Å². The molecule has 0 radical (unpaired) electrons. The van der Waals surface area contributed by atoms with Gasteiger partial charge in [0.05, 0.1) is 5.03 Å². The zero-order valence-corrected chi connectivity index (χ0v) is 20.4. The van der Waals surface area contributed by atoms with E-state index < -0.39 is 12.3 Å². The number of aliphatic hydroxyl groups is 1. The lowest BCUT2D eigenvalue weighted by Crippen LogP contribution is -2.45. The van der Waals surface area contributed by atoms with E-state index in [1.807, 2.05) is 12.1 Å². The van der Waals surface area contributed by atoms with Crippen molar-refractivity contribution in [2.75, 3.05) is 5.75 Å². The van der Waals surface area contributed by atoms with Gasteiger partial charge in [-0.1, -0.05) is 42.5 Å². The summed E-state index contributed by atoms with van der Waals surface area (Å²) in [6, 6.07) is 19.0. The van der Waals surface area contributed by atoms with Crippen LogP contribution in [-0.2, 0) is 11.2 Å². The number of amides is 1. The van der Waals surface area contributed by atoms with Crippen LogP contribution in [0.15, 0.2) is 82.9 Å². The summed E-state index contributed by atoms with van der Waals surface area (Å²) < 4.78 is 1.64. The molecule has 182 valence electrons. The van der Waals surface area contributed by atoms with E-state index in [-0.39, 0.29) is 11.5 Å². The molecule has 6 rings (SSSR count). The van der Waals surface area contributed by atoms with Crippen LogP contribution in [0.3, 0.4) is 0 Å². The number of aliphatic hydroxyl groups excluding tert-OH is 1. The number of nitrogens with zero attached hydrogens (tertiary/aromatic N) is 2. The minimum Gasteiger partial charge on any atom is -0.373 e. The van der Waals surface area contributed by atoms with Crippen molar-refractivity contribution in [3.63, 3.8) is 0 Å². The first-order valence-electron chi connectivity index (χ1n) is 12.1. The van der Waals surface area contributed by atoms with Crippen LogP contribution in [0.25, 0.3) is 10.8 Å². The SMILES string of the molecule is O=C(NNC(O)c1ccncc1)C1CSc2c(C3CC3)c(Cc3cccc4ccccc34)cc(=O)n21. The Balaban J connectivity index is 1.29. The smallest absolute Gasteiger partial charge is 0.258 e. The number of benzene rings is 2. The maximum absolute atomic E-state index is 13.3. The van der Waals surface area contributed by atoms with E-state index in [1.54, 1.807) is 46.9 Å². The number of rotatable bonds is 7. The Bertz CT molecular complexity index is 1490.